The van der Waals surface area contributed by atoms with Crippen molar-refractivity contribution in [1.82, 2.24) is 19.3 Å². The second kappa shape index (κ2) is 15.7. The van der Waals surface area contributed by atoms with Crippen molar-refractivity contribution in [2.45, 2.75) is 100 Å². The van der Waals surface area contributed by atoms with Crippen molar-refractivity contribution in [2.24, 2.45) is 5.92 Å². The fourth-order valence-electron chi connectivity index (χ4n) is 7.85. The van der Waals surface area contributed by atoms with E-state index in [0.29, 0.717) is 17.4 Å². The molecule has 0 spiro atoms. The Labute approximate surface area is 336 Å². The zero-order valence-corrected chi connectivity index (χ0v) is 35.7. The minimum absolute atomic E-state index is 0. The number of unbranched alkanes of at least 4 members (excludes halogenated alkanes) is 1. The van der Waals surface area contributed by atoms with Crippen LogP contribution in [0.15, 0.2) is 79.0 Å². The quantitative estimate of drug-likeness (QED) is 0.129. The van der Waals surface area contributed by atoms with Gasteiger partial charge in [0.05, 0.1) is 5.69 Å². The van der Waals surface area contributed by atoms with Gasteiger partial charge in [-0.25, -0.2) is 4.98 Å². The fraction of sp³-hybridized carbons (Fsp3) is 0.333. The average Bonchev–Trinajstić information content (AvgIpc) is 3.60. The molecule has 7 rings (SSSR count). The van der Waals surface area contributed by atoms with E-state index in [4.69, 9.17) is 14.8 Å². The Morgan fingerprint density at radius 1 is 0.815 bits per heavy atom. The Morgan fingerprint density at radius 3 is 2.26 bits per heavy atom. The van der Waals surface area contributed by atoms with Crippen LogP contribution in [-0.4, -0.2) is 19.3 Å². The molecule has 0 aliphatic carbocycles. The molecule has 0 atom stereocenters. The molecule has 7 aromatic rings. The Hall–Kier alpha value is -4.47. The number of fused-ring (bicyclic) bond motifs is 3. The van der Waals surface area contributed by atoms with Crippen LogP contribution in [-0.2, 0) is 39.3 Å². The van der Waals surface area contributed by atoms with E-state index in [9.17, 15) is 0 Å². The standard InChI is InChI=1S/C48H52N4O.Pt/c1-11-12-16-43-47(46-32(5)23-31(4)24-33(46)6)34(7)50-52(43)37-26-36(48(8,9)10)27-39(28-37)53-38-18-19-41-40-15-13-14-17-42(40)51(44(41)29-38)45-25-35(20-21-49-45)22-30(2)3;/h13-15,17-21,23-27,30H,11-12,16,22H2,1-10H3;/q-2;+2. The summed E-state index contributed by atoms with van der Waals surface area (Å²) in [5.41, 5.74) is 13.8. The SMILES string of the molecule is CCCCc1c(-c2c(C)cc(C)cc2C)c(C)nn1-c1[c-]c(Oc2[c-]c3c(cc2)c2ccccc2n3-c2cc(CC(C)C)ccn2)cc(C(C)(C)C)c1.[Pt+2]. The van der Waals surface area contributed by atoms with Crippen LogP contribution in [0.3, 0.4) is 0 Å². The third kappa shape index (κ3) is 7.71. The normalized spacial score (nSPS) is 11.8. The number of aromatic nitrogens is 4. The maximum atomic E-state index is 6.76. The van der Waals surface area contributed by atoms with Crippen LogP contribution >= 0.6 is 0 Å². The molecule has 0 N–H and O–H groups in total. The molecular formula is C48H52N4OPt. The van der Waals surface area contributed by atoms with Crippen molar-refractivity contribution < 1.29 is 25.8 Å². The second-order valence-corrected chi connectivity index (χ2v) is 16.2. The molecule has 0 saturated carbocycles. The molecule has 3 aromatic heterocycles. The van der Waals surface area contributed by atoms with E-state index in [1.165, 1.54) is 39.1 Å². The monoisotopic (exact) mass is 895 g/mol. The van der Waals surface area contributed by atoms with Crippen LogP contribution in [0.5, 0.6) is 11.5 Å². The van der Waals surface area contributed by atoms with Crippen molar-refractivity contribution in [2.75, 3.05) is 0 Å². The van der Waals surface area contributed by atoms with Gasteiger partial charge < -0.3 is 9.30 Å². The summed E-state index contributed by atoms with van der Waals surface area (Å²) >= 11 is 0. The Morgan fingerprint density at radius 2 is 1.56 bits per heavy atom. The number of rotatable bonds is 10. The molecule has 280 valence electrons. The molecule has 0 aliphatic rings. The summed E-state index contributed by atoms with van der Waals surface area (Å²) in [6.07, 6.45) is 6.01. The topological polar surface area (TPSA) is 44.9 Å². The predicted octanol–water partition coefficient (Wildman–Crippen LogP) is 12.5. The number of nitrogens with zero attached hydrogens (tertiary/aromatic N) is 4. The number of aryl methyl sites for hydroxylation is 4. The molecule has 0 amide bonds. The molecule has 0 saturated heterocycles. The van der Waals surface area contributed by atoms with E-state index in [2.05, 4.69) is 157 Å². The van der Waals surface area contributed by atoms with Gasteiger partial charge in [-0.3, -0.25) is 4.68 Å². The molecule has 4 aromatic carbocycles. The first-order valence-electron chi connectivity index (χ1n) is 19.2. The first-order valence-corrected chi connectivity index (χ1v) is 19.2. The van der Waals surface area contributed by atoms with Crippen LogP contribution in [0.1, 0.15) is 93.6 Å². The average molecular weight is 896 g/mol. The van der Waals surface area contributed by atoms with Gasteiger partial charge in [0.2, 0.25) is 0 Å². The maximum Gasteiger partial charge on any atom is 2.00 e. The van der Waals surface area contributed by atoms with Crippen molar-refractivity contribution in [3.63, 3.8) is 0 Å². The molecule has 3 heterocycles. The molecule has 0 fully saturated rings. The fourth-order valence-corrected chi connectivity index (χ4v) is 7.85. The molecule has 0 unspecified atom stereocenters. The summed E-state index contributed by atoms with van der Waals surface area (Å²) in [7, 11) is 0. The van der Waals surface area contributed by atoms with Gasteiger partial charge in [0.1, 0.15) is 5.82 Å². The number of ether oxygens (including phenoxy) is 1. The van der Waals surface area contributed by atoms with E-state index < -0.39 is 0 Å². The minimum atomic E-state index is -0.131. The van der Waals surface area contributed by atoms with E-state index in [1.807, 2.05) is 12.3 Å². The Bertz CT molecular complexity index is 2440. The largest absolute Gasteiger partial charge is 2.00 e. The van der Waals surface area contributed by atoms with Gasteiger partial charge in [0, 0.05) is 34.5 Å². The number of hydrogen-bond donors (Lipinski definition) is 0. The van der Waals surface area contributed by atoms with Crippen LogP contribution in [0.2, 0.25) is 0 Å². The summed E-state index contributed by atoms with van der Waals surface area (Å²) in [5, 5.41) is 7.50. The number of hydrogen-bond acceptors (Lipinski definition) is 3. The van der Waals surface area contributed by atoms with Gasteiger partial charge in [-0.05, 0) is 110 Å². The summed E-state index contributed by atoms with van der Waals surface area (Å²) in [6, 6.07) is 33.2. The molecule has 0 radical (unpaired) electrons. The van der Waals surface area contributed by atoms with E-state index >= 15 is 0 Å². The van der Waals surface area contributed by atoms with Gasteiger partial charge in [0.25, 0.3) is 0 Å². The Kier molecular flexibility index (Phi) is 11.4. The smallest absolute Gasteiger partial charge is 0.509 e. The summed E-state index contributed by atoms with van der Waals surface area (Å²) in [4.78, 5) is 4.85. The third-order valence-corrected chi connectivity index (χ3v) is 10.2. The van der Waals surface area contributed by atoms with Crippen LogP contribution < -0.4 is 4.74 Å². The summed E-state index contributed by atoms with van der Waals surface area (Å²) in [6.45, 7) is 22.2. The summed E-state index contributed by atoms with van der Waals surface area (Å²) < 4.78 is 11.1. The number of pyridine rings is 1. The zero-order chi connectivity index (χ0) is 37.6. The van der Waals surface area contributed by atoms with Gasteiger partial charge >= 0.3 is 21.1 Å². The Balaban J connectivity index is 0.00000497. The van der Waals surface area contributed by atoms with Crippen molar-refractivity contribution in [3.05, 3.63) is 130 Å². The van der Waals surface area contributed by atoms with Crippen molar-refractivity contribution in [3.8, 4) is 34.1 Å². The summed E-state index contributed by atoms with van der Waals surface area (Å²) in [5.74, 6) is 2.70. The zero-order valence-electron chi connectivity index (χ0n) is 33.4. The molecule has 5 nitrogen and oxygen atoms in total. The molecule has 0 aliphatic heterocycles. The predicted molar refractivity (Wildman–Crippen MR) is 220 cm³/mol. The van der Waals surface area contributed by atoms with Gasteiger partial charge in [0.15, 0.2) is 0 Å². The number of benzene rings is 4. The molecular weight excluding hydrogens is 844 g/mol. The van der Waals surface area contributed by atoms with Gasteiger partial charge in [-0.1, -0.05) is 89.4 Å². The van der Waals surface area contributed by atoms with E-state index in [-0.39, 0.29) is 26.5 Å². The maximum absolute atomic E-state index is 6.76. The van der Waals surface area contributed by atoms with Crippen LogP contribution in [0, 0.1) is 45.7 Å². The van der Waals surface area contributed by atoms with E-state index in [1.54, 1.807) is 0 Å². The first-order chi connectivity index (χ1) is 25.3. The van der Waals surface area contributed by atoms with Gasteiger partial charge in [-0.15, -0.1) is 41.3 Å². The van der Waals surface area contributed by atoms with E-state index in [0.717, 1.165) is 70.3 Å². The number of para-hydroxylation sites is 1. The van der Waals surface area contributed by atoms with Gasteiger partial charge in [-0.2, -0.15) is 11.2 Å². The van der Waals surface area contributed by atoms with Crippen molar-refractivity contribution in [1.29, 1.82) is 0 Å². The second-order valence-electron chi connectivity index (χ2n) is 16.2. The molecule has 6 heteroatoms. The third-order valence-electron chi connectivity index (χ3n) is 10.2. The van der Waals surface area contributed by atoms with Crippen LogP contribution in [0.4, 0.5) is 0 Å². The molecule has 54 heavy (non-hydrogen) atoms. The van der Waals surface area contributed by atoms with Crippen LogP contribution in [0.25, 0.3) is 44.4 Å². The minimum Gasteiger partial charge on any atom is -0.509 e. The molecule has 0 bridgehead atoms. The first kappa shape index (κ1) is 39.2. The van der Waals surface area contributed by atoms with Crippen molar-refractivity contribution >= 4 is 21.8 Å².